The quantitative estimate of drug-likeness (QED) is 0.226. The molecule has 0 N–H and O–H groups in total. The van der Waals surface area contributed by atoms with Gasteiger partial charge in [-0.2, -0.15) is 0 Å². The number of fused-ring (bicyclic) bond motifs is 1. The number of pyridine rings is 1. The molecule has 138 valence electrons. The molecule has 3 aromatic rings. The van der Waals surface area contributed by atoms with Crippen LogP contribution in [0.2, 0.25) is 0 Å². The van der Waals surface area contributed by atoms with Crippen molar-refractivity contribution in [2.45, 2.75) is 20.4 Å². The van der Waals surface area contributed by atoms with Gasteiger partial charge in [-0.1, -0.05) is 38.7 Å². The number of benzene rings is 1. The average Bonchev–Trinajstić information content (AvgIpc) is 3.07. The lowest BCUT2D eigenvalue weighted by Gasteiger charge is -2.05. The summed E-state index contributed by atoms with van der Waals surface area (Å²) in [6, 6.07) is 11.8. The lowest BCUT2D eigenvalue weighted by Crippen LogP contribution is -2.15. The summed E-state index contributed by atoms with van der Waals surface area (Å²) in [7, 11) is 2.42. The zero-order valence-electron chi connectivity index (χ0n) is 15.0. The van der Waals surface area contributed by atoms with E-state index in [-0.39, 0.29) is 12.2 Å². The maximum absolute atomic E-state index is 11.9. The Morgan fingerprint density at radius 2 is 1.88 bits per heavy atom. The molecular formula is C18H22N3O4P. The Hall–Kier alpha value is -2.79. The number of ether oxygens (including phenoxy) is 1. The van der Waals surface area contributed by atoms with Crippen molar-refractivity contribution < 1.29 is 14.5 Å². The SMILES string of the molecule is CC.CP.O=C(Cn1ccc2cc([N+](=O)[O-])cnc21)Oc1ccccc1. The minimum absolute atomic E-state index is 0.0246. The van der Waals surface area contributed by atoms with Gasteiger partial charge >= 0.3 is 5.97 Å². The number of hydrogen-bond donors (Lipinski definition) is 0. The molecule has 1 atom stereocenters. The topological polar surface area (TPSA) is 87.3 Å². The number of esters is 1. The third-order valence-electron chi connectivity index (χ3n) is 3.07. The van der Waals surface area contributed by atoms with Crippen LogP contribution in [-0.4, -0.2) is 27.1 Å². The third-order valence-corrected chi connectivity index (χ3v) is 3.07. The number of carbonyl (C=O) groups excluding carboxylic acids is 1. The number of nitrogens with zero attached hydrogens (tertiary/aromatic N) is 3. The number of rotatable bonds is 4. The zero-order chi connectivity index (χ0) is 19.5. The van der Waals surface area contributed by atoms with Gasteiger partial charge in [0.2, 0.25) is 0 Å². The van der Waals surface area contributed by atoms with Crippen LogP contribution < -0.4 is 4.74 Å². The molecule has 0 saturated heterocycles. The van der Waals surface area contributed by atoms with Gasteiger partial charge in [0.25, 0.3) is 5.69 Å². The number of carbonyl (C=O) groups is 1. The minimum Gasteiger partial charge on any atom is -0.425 e. The van der Waals surface area contributed by atoms with Crippen LogP contribution in [0.4, 0.5) is 5.69 Å². The van der Waals surface area contributed by atoms with Crippen molar-refractivity contribution >= 4 is 31.9 Å². The van der Waals surface area contributed by atoms with Crippen molar-refractivity contribution in [1.29, 1.82) is 0 Å². The van der Waals surface area contributed by atoms with Gasteiger partial charge in [0, 0.05) is 17.6 Å². The summed E-state index contributed by atoms with van der Waals surface area (Å²) in [5.74, 6) is 0.0245. The predicted molar refractivity (Wildman–Crippen MR) is 105 cm³/mol. The largest absolute Gasteiger partial charge is 0.425 e. The summed E-state index contributed by atoms with van der Waals surface area (Å²) in [4.78, 5) is 26.2. The van der Waals surface area contributed by atoms with Crippen molar-refractivity contribution in [1.82, 2.24) is 9.55 Å². The molecule has 1 aromatic carbocycles. The van der Waals surface area contributed by atoms with E-state index in [0.29, 0.717) is 16.8 Å². The van der Waals surface area contributed by atoms with Crippen LogP contribution in [0, 0.1) is 10.1 Å². The minimum atomic E-state index is -0.507. The third kappa shape index (κ3) is 5.63. The van der Waals surface area contributed by atoms with E-state index in [2.05, 4.69) is 14.2 Å². The first-order valence-electron chi connectivity index (χ1n) is 8.06. The van der Waals surface area contributed by atoms with Gasteiger partial charge in [-0.3, -0.25) is 10.1 Å². The molecule has 0 radical (unpaired) electrons. The Balaban J connectivity index is 0.000000791. The second-order valence-corrected chi connectivity index (χ2v) is 4.59. The molecule has 0 saturated carbocycles. The lowest BCUT2D eigenvalue weighted by molar-refractivity contribution is -0.385. The second kappa shape index (κ2) is 10.9. The summed E-state index contributed by atoms with van der Waals surface area (Å²) in [6.07, 6.45) is 2.81. The standard InChI is InChI=1S/C15H11N3O4.C2H6.CH5P/c19-14(22-13-4-2-1-3-5-13)10-17-7-6-11-8-12(18(20)21)9-16-15(11)17;2*1-2/h1-9H,10H2;1-2H3;2H2,1H3. The average molecular weight is 375 g/mol. The molecule has 26 heavy (non-hydrogen) atoms. The van der Waals surface area contributed by atoms with Gasteiger partial charge in [-0.05, 0) is 18.2 Å². The summed E-state index contributed by atoms with van der Waals surface area (Å²) in [5.41, 5.74) is 0.410. The van der Waals surface area contributed by atoms with E-state index in [4.69, 9.17) is 4.74 Å². The summed E-state index contributed by atoms with van der Waals surface area (Å²) >= 11 is 0. The summed E-state index contributed by atoms with van der Waals surface area (Å²) in [5, 5.41) is 11.3. The van der Waals surface area contributed by atoms with Crippen molar-refractivity contribution in [2.75, 3.05) is 6.66 Å². The molecule has 0 aliphatic carbocycles. The van der Waals surface area contributed by atoms with Gasteiger partial charge in [0.1, 0.15) is 24.1 Å². The molecule has 0 spiro atoms. The van der Waals surface area contributed by atoms with Crippen LogP contribution >= 0.6 is 9.24 Å². The highest BCUT2D eigenvalue weighted by atomic mass is 31.0. The molecule has 0 bridgehead atoms. The van der Waals surface area contributed by atoms with Crippen molar-refractivity contribution in [3.63, 3.8) is 0 Å². The fourth-order valence-electron chi connectivity index (χ4n) is 2.09. The Morgan fingerprint density at radius 1 is 1.23 bits per heavy atom. The van der Waals surface area contributed by atoms with E-state index in [9.17, 15) is 14.9 Å². The fraction of sp³-hybridized carbons (Fsp3) is 0.222. The van der Waals surface area contributed by atoms with Gasteiger partial charge in [0.15, 0.2) is 0 Å². The molecule has 0 amide bonds. The molecule has 8 heteroatoms. The monoisotopic (exact) mass is 375 g/mol. The Bertz CT molecular complexity index is 850. The lowest BCUT2D eigenvalue weighted by atomic mass is 10.3. The van der Waals surface area contributed by atoms with E-state index < -0.39 is 10.9 Å². The fourth-order valence-corrected chi connectivity index (χ4v) is 2.09. The first-order chi connectivity index (χ1) is 12.6. The Kier molecular flexibility index (Phi) is 8.95. The summed E-state index contributed by atoms with van der Waals surface area (Å²) in [6.45, 7) is 5.89. The van der Waals surface area contributed by atoms with E-state index in [1.165, 1.54) is 12.3 Å². The smallest absolute Gasteiger partial charge is 0.331 e. The van der Waals surface area contributed by atoms with E-state index in [1.54, 1.807) is 41.1 Å². The van der Waals surface area contributed by atoms with Crippen LogP contribution in [0.1, 0.15) is 13.8 Å². The molecule has 2 heterocycles. The van der Waals surface area contributed by atoms with Crippen molar-refractivity contribution in [2.24, 2.45) is 0 Å². The number of nitro groups is 1. The van der Waals surface area contributed by atoms with Crippen LogP contribution in [0.15, 0.2) is 54.9 Å². The van der Waals surface area contributed by atoms with Crippen LogP contribution in [0.3, 0.4) is 0 Å². The number of hydrogen-bond acceptors (Lipinski definition) is 5. The molecule has 1 unspecified atom stereocenters. The molecule has 0 fully saturated rings. The number of aromatic nitrogens is 2. The Labute approximate surface area is 154 Å². The molecule has 7 nitrogen and oxygen atoms in total. The van der Waals surface area contributed by atoms with E-state index in [0.717, 1.165) is 0 Å². The zero-order valence-corrected chi connectivity index (χ0v) is 16.1. The first-order valence-corrected chi connectivity index (χ1v) is 9.22. The van der Waals surface area contributed by atoms with Gasteiger partial charge in [0.05, 0.1) is 4.92 Å². The molecule has 0 aliphatic heterocycles. The maximum atomic E-state index is 11.9. The normalized spacial score (nSPS) is 9.38. The van der Waals surface area contributed by atoms with Crippen LogP contribution in [-0.2, 0) is 11.3 Å². The second-order valence-electron chi connectivity index (χ2n) is 4.59. The van der Waals surface area contributed by atoms with Gasteiger partial charge in [-0.25, -0.2) is 9.78 Å². The van der Waals surface area contributed by atoms with E-state index >= 15 is 0 Å². The van der Waals surface area contributed by atoms with Crippen LogP contribution in [0.5, 0.6) is 5.75 Å². The maximum Gasteiger partial charge on any atom is 0.331 e. The molecule has 3 rings (SSSR count). The van der Waals surface area contributed by atoms with Gasteiger partial charge < -0.3 is 9.30 Å². The number of para-hydroxylation sites is 1. The molecular weight excluding hydrogens is 353 g/mol. The van der Waals surface area contributed by atoms with Crippen molar-refractivity contribution in [3.05, 3.63) is 65.0 Å². The highest BCUT2D eigenvalue weighted by molar-refractivity contribution is 7.15. The first kappa shape index (κ1) is 21.3. The highest BCUT2D eigenvalue weighted by Crippen LogP contribution is 2.19. The van der Waals surface area contributed by atoms with Crippen molar-refractivity contribution in [3.8, 4) is 5.75 Å². The van der Waals surface area contributed by atoms with E-state index in [1.807, 2.05) is 26.6 Å². The molecule has 2 aromatic heterocycles. The Morgan fingerprint density at radius 3 is 2.50 bits per heavy atom. The van der Waals surface area contributed by atoms with Crippen LogP contribution in [0.25, 0.3) is 11.0 Å². The highest BCUT2D eigenvalue weighted by Gasteiger charge is 2.12. The molecule has 0 aliphatic rings. The predicted octanol–water partition coefficient (Wildman–Crippen LogP) is 4.07. The summed E-state index contributed by atoms with van der Waals surface area (Å²) < 4.78 is 6.79. The van der Waals surface area contributed by atoms with Gasteiger partial charge in [-0.15, -0.1) is 9.24 Å².